The molecule has 1 unspecified atom stereocenters. The fourth-order valence-electron chi connectivity index (χ4n) is 20.0. The van der Waals surface area contributed by atoms with Crippen molar-refractivity contribution in [3.63, 3.8) is 0 Å². The number of fused-ring (bicyclic) bond motifs is 18. The molecule has 0 spiro atoms. The van der Waals surface area contributed by atoms with E-state index in [4.69, 9.17) is 24.9 Å². The smallest absolute Gasteiger partial charge is 0.0963 e. The number of aromatic nitrogens is 14. The average Bonchev–Trinajstić information content (AvgIpc) is 1.62. The van der Waals surface area contributed by atoms with Crippen molar-refractivity contribution in [2.45, 2.75) is 12.3 Å². The van der Waals surface area contributed by atoms with Crippen LogP contribution in [0.5, 0.6) is 0 Å². The van der Waals surface area contributed by atoms with E-state index in [2.05, 4.69) is 419 Å². The van der Waals surface area contributed by atoms with Gasteiger partial charge in [0.2, 0.25) is 0 Å². The van der Waals surface area contributed by atoms with Gasteiger partial charge in [-0.25, -0.2) is 15.0 Å². The third-order valence-electron chi connectivity index (χ3n) is 26.1. The third kappa shape index (κ3) is 13.7. The molecule has 0 saturated carbocycles. The molecule has 27 rings (SSSR count). The van der Waals surface area contributed by atoms with Gasteiger partial charge in [-0.1, -0.05) is 218 Å². The maximum absolute atomic E-state index is 5.17. The van der Waals surface area contributed by atoms with Crippen molar-refractivity contribution < 1.29 is 0 Å². The fourth-order valence-corrected chi connectivity index (χ4v) is 20.0. The Balaban J connectivity index is 0.000000108. The zero-order chi connectivity index (χ0) is 87.8. The predicted molar refractivity (Wildman–Crippen MR) is 543 cm³/mol. The Morgan fingerprint density at radius 2 is 0.602 bits per heavy atom. The number of pyridine rings is 9. The molecule has 624 valence electrons. The van der Waals surface area contributed by atoms with Crippen LogP contribution in [0.25, 0.3) is 217 Å². The minimum atomic E-state index is 0.426. The zero-order valence-electron chi connectivity index (χ0n) is 71.8. The molecule has 2 aliphatic carbocycles. The molecule has 1 atom stereocenters. The molecule has 0 radical (unpaired) electrons. The second-order valence-electron chi connectivity index (χ2n) is 33.7. The fraction of sp³-hybridized carbons (Fsp3) is 0.0168. The van der Waals surface area contributed by atoms with E-state index >= 15 is 0 Å². The molecule has 14 heteroatoms. The molecule has 14 aromatic heterocycles. The SMILES string of the molecule is C1=Cc2ccccc2C2CC=C(c3cccc(-c4cccc(-n5c6ccccc6c6ncccc65)c4)n3)C=C12.c1cc(-c2ccc(-c3cccc(-c4ccc(-n5c6ccccc6c6cnccc65)cc4)n3)nc2)cc(-n2c3ccccc3c3cnccc32)c1.c1cc(-c2cccc(-c3cccc(-n4c5ccccc5c5cnccc54)c3)n2)cc(-n2c3ccccc3c3cnccc32)c1. The number of nitrogens with zero attached hydrogens (tertiary/aromatic N) is 14. The molecule has 0 amide bonds. The molecule has 11 aromatic carbocycles. The third-order valence-corrected chi connectivity index (χ3v) is 26.1. The van der Waals surface area contributed by atoms with Crippen molar-refractivity contribution in [2.75, 3.05) is 0 Å². The molecule has 14 heterocycles. The van der Waals surface area contributed by atoms with Gasteiger partial charge >= 0.3 is 0 Å². The lowest BCUT2D eigenvalue weighted by Gasteiger charge is -2.27. The number of benzene rings is 11. The maximum atomic E-state index is 5.17. The summed E-state index contributed by atoms with van der Waals surface area (Å²) in [6.07, 6.45) is 29.2. The summed E-state index contributed by atoms with van der Waals surface area (Å²) in [6.45, 7) is 0. The standard InChI is InChI=1S/C44H28N6.C39H25N5.C36H25N3/c1-3-13-41-34(9-1)36-27-45-23-21-43(36)49(41)32-18-15-29(16-19-32)38-11-6-12-40(48-38)39-20-17-31(26-47-39)30-7-5-8-33(25-30)50-42-14-4-2-10-35(42)37-28-46-24-22-44(37)50;1-3-16-36-30(12-1)32-24-40-20-18-38(32)43(36)28-10-5-8-26(22-28)34-14-7-15-35(42-34)27-9-6-11-29(23-27)44-37-17-4-2-13-31(37)33-25-41-21-19-39(33)44;1-2-11-29-24(8-1)17-18-25-22-27(19-20-30(25)29)33-14-6-13-32(38-33)26-9-5-10-28(23-26)39-34-15-4-3-12-31(34)36-35(39)16-7-21-37-36/h1-28H;1-25H;1-19,21-23,30H,20H2. The topological polar surface area (TPSA) is 141 Å². The highest BCUT2D eigenvalue weighted by Gasteiger charge is 2.26. The Kier molecular flexibility index (Phi) is 19.0. The van der Waals surface area contributed by atoms with Crippen LogP contribution in [0.15, 0.2) is 456 Å². The lowest BCUT2D eigenvalue weighted by Crippen LogP contribution is -2.09. The van der Waals surface area contributed by atoms with Gasteiger partial charge < -0.3 is 22.8 Å². The van der Waals surface area contributed by atoms with Crippen LogP contribution in [-0.2, 0) is 0 Å². The minimum Gasteiger partial charge on any atom is -0.309 e. The normalized spacial score (nSPS) is 12.9. The molecule has 0 saturated heterocycles. The second kappa shape index (κ2) is 32.7. The molecule has 25 aromatic rings. The first-order chi connectivity index (χ1) is 66.0. The Labute approximate surface area is 764 Å². The van der Waals surface area contributed by atoms with Crippen LogP contribution in [0.2, 0.25) is 0 Å². The van der Waals surface area contributed by atoms with Crippen molar-refractivity contribution in [3.05, 3.63) is 473 Å². The van der Waals surface area contributed by atoms with Crippen molar-refractivity contribution in [1.29, 1.82) is 0 Å². The maximum Gasteiger partial charge on any atom is 0.0963 e. The summed E-state index contributed by atoms with van der Waals surface area (Å²) in [4.78, 5) is 42.5. The van der Waals surface area contributed by atoms with Gasteiger partial charge in [-0.05, 0) is 210 Å². The van der Waals surface area contributed by atoms with E-state index in [0.29, 0.717) is 5.92 Å². The van der Waals surface area contributed by atoms with Crippen LogP contribution in [-0.4, -0.2) is 67.7 Å². The Morgan fingerprint density at radius 3 is 1.10 bits per heavy atom. The molecule has 0 bridgehead atoms. The van der Waals surface area contributed by atoms with Crippen molar-refractivity contribution in [2.24, 2.45) is 0 Å². The van der Waals surface area contributed by atoms with Gasteiger partial charge in [-0.2, -0.15) is 0 Å². The van der Waals surface area contributed by atoms with Gasteiger partial charge in [0.25, 0.3) is 0 Å². The molecular formula is C119H78N14. The molecule has 0 N–H and O–H groups in total. The number of hydrogen-bond donors (Lipinski definition) is 0. The summed E-state index contributed by atoms with van der Waals surface area (Å²) in [5.41, 5.74) is 36.1. The summed E-state index contributed by atoms with van der Waals surface area (Å²) in [5, 5.41) is 10.5. The minimum absolute atomic E-state index is 0.426. The molecule has 0 fully saturated rings. The number of para-hydroxylation sites is 5. The van der Waals surface area contributed by atoms with E-state index in [9.17, 15) is 0 Å². The highest BCUT2D eigenvalue weighted by Crippen LogP contribution is 2.44. The lowest BCUT2D eigenvalue weighted by molar-refractivity contribution is 0.813. The number of hydrogen-bond acceptors (Lipinski definition) is 9. The molecule has 133 heavy (non-hydrogen) atoms. The van der Waals surface area contributed by atoms with E-state index in [-0.39, 0.29) is 0 Å². The molecule has 14 nitrogen and oxygen atoms in total. The Bertz CT molecular complexity index is 8590. The van der Waals surface area contributed by atoms with Crippen LogP contribution in [0, 0.1) is 0 Å². The average molecular weight is 1700 g/mol. The van der Waals surface area contributed by atoms with E-state index in [1.807, 2.05) is 80.2 Å². The van der Waals surface area contributed by atoms with Crippen LogP contribution in [0.3, 0.4) is 0 Å². The zero-order valence-corrected chi connectivity index (χ0v) is 71.8. The first kappa shape index (κ1) is 77.3. The summed E-state index contributed by atoms with van der Waals surface area (Å²) in [7, 11) is 0. The molecule has 2 aliphatic rings. The first-order valence-corrected chi connectivity index (χ1v) is 44.7. The van der Waals surface area contributed by atoms with Gasteiger partial charge in [0, 0.05) is 173 Å². The molecular weight excluding hydrogens is 1630 g/mol. The van der Waals surface area contributed by atoms with Crippen molar-refractivity contribution in [1.82, 2.24) is 67.7 Å². The largest absolute Gasteiger partial charge is 0.309 e. The molecule has 0 aliphatic heterocycles. The van der Waals surface area contributed by atoms with E-state index in [1.54, 1.807) is 0 Å². The summed E-state index contributed by atoms with van der Waals surface area (Å²) in [5.74, 6) is 0.426. The van der Waals surface area contributed by atoms with Gasteiger partial charge in [0.05, 0.1) is 101 Å². The number of rotatable bonds is 12. The highest BCUT2D eigenvalue weighted by molar-refractivity contribution is 6.13. The quantitative estimate of drug-likeness (QED) is 0.117. The summed E-state index contributed by atoms with van der Waals surface area (Å²) < 4.78 is 11.5. The van der Waals surface area contributed by atoms with E-state index in [0.717, 1.165) is 196 Å². The number of allylic oxidation sites excluding steroid dienone is 5. The van der Waals surface area contributed by atoms with Crippen LogP contribution in [0.4, 0.5) is 0 Å². The second-order valence-corrected chi connectivity index (χ2v) is 33.7. The highest BCUT2D eigenvalue weighted by atomic mass is 15.0. The van der Waals surface area contributed by atoms with Crippen LogP contribution < -0.4 is 0 Å². The Hall–Kier alpha value is -18.0. The summed E-state index contributed by atoms with van der Waals surface area (Å²) >= 11 is 0. The van der Waals surface area contributed by atoms with Crippen LogP contribution >= 0.6 is 0 Å². The monoisotopic (exact) mass is 1700 g/mol. The van der Waals surface area contributed by atoms with Gasteiger partial charge in [0.15, 0.2) is 0 Å². The van der Waals surface area contributed by atoms with Crippen LogP contribution in [0.1, 0.15) is 29.2 Å². The van der Waals surface area contributed by atoms with Gasteiger partial charge in [-0.15, -0.1) is 0 Å². The first-order valence-electron chi connectivity index (χ1n) is 44.7. The van der Waals surface area contributed by atoms with Crippen molar-refractivity contribution in [3.8, 4) is 96.0 Å². The predicted octanol–water partition coefficient (Wildman–Crippen LogP) is 28.6. The summed E-state index contributed by atoms with van der Waals surface area (Å²) in [6, 6.07) is 130. The van der Waals surface area contributed by atoms with E-state index in [1.165, 1.54) is 43.8 Å². The van der Waals surface area contributed by atoms with Crippen molar-refractivity contribution >= 4 is 121 Å². The van der Waals surface area contributed by atoms with Gasteiger partial charge in [-0.3, -0.25) is 29.9 Å². The Morgan fingerprint density at radius 1 is 0.226 bits per heavy atom. The van der Waals surface area contributed by atoms with Gasteiger partial charge in [0.1, 0.15) is 0 Å². The lowest BCUT2D eigenvalue weighted by atomic mass is 9.77. The van der Waals surface area contributed by atoms with E-state index < -0.39 is 0 Å².